The third-order valence-corrected chi connectivity index (χ3v) is 7.11. The van der Waals surface area contributed by atoms with Crippen molar-refractivity contribution in [2.75, 3.05) is 0 Å². The predicted molar refractivity (Wildman–Crippen MR) is 130 cm³/mol. The molecule has 0 fully saturated rings. The van der Waals surface area contributed by atoms with Crippen molar-refractivity contribution in [3.63, 3.8) is 0 Å². The lowest BCUT2D eigenvalue weighted by atomic mass is 9.77. The summed E-state index contributed by atoms with van der Waals surface area (Å²) in [5.74, 6) is -0.750. The minimum Gasteiger partial charge on any atom is -0.457 e. The fourth-order valence-corrected chi connectivity index (χ4v) is 4.28. The molecule has 2 heterocycles. The number of aliphatic hydroxyl groups excluding tert-OH is 3. The van der Waals surface area contributed by atoms with E-state index in [1.807, 2.05) is 19.9 Å². The maximum absolute atomic E-state index is 12.9. The van der Waals surface area contributed by atoms with E-state index in [-0.39, 0.29) is 37.0 Å². The number of Topliss-reactive ketones (excluding diaryl/α,β-unsaturated/α-hetero) is 1. The molecule has 192 valence electrons. The van der Waals surface area contributed by atoms with Gasteiger partial charge in [-0.05, 0) is 49.8 Å². The van der Waals surface area contributed by atoms with Crippen LogP contribution >= 0.6 is 0 Å². The van der Waals surface area contributed by atoms with E-state index in [4.69, 9.17) is 9.15 Å². The van der Waals surface area contributed by atoms with Crippen LogP contribution in [0.15, 0.2) is 34.3 Å². The zero-order valence-electron chi connectivity index (χ0n) is 21.0. The van der Waals surface area contributed by atoms with Crippen molar-refractivity contribution in [3.05, 3.63) is 41.3 Å². The van der Waals surface area contributed by atoms with Crippen molar-refractivity contribution in [2.45, 2.75) is 91.1 Å². The number of hydrogen-bond acceptors (Lipinski definition) is 8. The number of nitrogens with zero attached hydrogens (tertiary/aromatic N) is 1. The number of allylic oxidation sites excluding steroid dienone is 1. The molecule has 8 nitrogen and oxygen atoms in total. The first kappa shape index (κ1) is 27.0. The number of hydrogen-bond donors (Lipinski definition) is 3. The molecule has 8 heteroatoms. The van der Waals surface area contributed by atoms with E-state index >= 15 is 0 Å². The smallest absolute Gasteiger partial charge is 0.309 e. The topological polar surface area (TPSA) is 130 Å². The largest absolute Gasteiger partial charge is 0.457 e. The Bertz CT molecular complexity index is 1070. The molecule has 3 N–H and O–H groups in total. The van der Waals surface area contributed by atoms with Crippen molar-refractivity contribution < 1.29 is 34.1 Å². The van der Waals surface area contributed by atoms with Crippen molar-refractivity contribution in [1.82, 2.24) is 4.98 Å². The van der Waals surface area contributed by atoms with Crippen molar-refractivity contribution in [3.8, 4) is 0 Å². The second-order valence-electron chi connectivity index (χ2n) is 10.3. The number of carbonyl (C=O) groups is 2. The number of aromatic nitrogens is 1. The average molecular weight is 488 g/mol. The van der Waals surface area contributed by atoms with Crippen molar-refractivity contribution in [2.24, 2.45) is 11.3 Å². The van der Waals surface area contributed by atoms with Gasteiger partial charge in [-0.3, -0.25) is 9.59 Å². The third-order valence-electron chi connectivity index (χ3n) is 7.11. The molecule has 0 aliphatic carbocycles. The second-order valence-corrected chi connectivity index (χ2v) is 10.3. The zero-order valence-corrected chi connectivity index (χ0v) is 21.0. The van der Waals surface area contributed by atoms with Crippen LogP contribution in [0.25, 0.3) is 11.1 Å². The van der Waals surface area contributed by atoms with E-state index in [0.29, 0.717) is 17.5 Å². The number of ketones is 1. The molecule has 2 aromatic rings. The van der Waals surface area contributed by atoms with E-state index in [1.54, 1.807) is 32.0 Å². The minimum atomic E-state index is -1.25. The van der Waals surface area contributed by atoms with Crippen LogP contribution in [0.2, 0.25) is 0 Å². The summed E-state index contributed by atoms with van der Waals surface area (Å²) in [6.45, 7) is 6.82. The minimum absolute atomic E-state index is 0.0525. The molecule has 3 rings (SSSR count). The van der Waals surface area contributed by atoms with Gasteiger partial charge in [0.1, 0.15) is 24.0 Å². The molecule has 0 amide bonds. The number of cyclic esters (lactones) is 1. The quantitative estimate of drug-likeness (QED) is 0.425. The standard InChI is InChI=1S/C27H37NO7/c1-16-6-5-7-17(2)20(30)13-23(31)27(3,4)24(32)14-26(33)35-21(10-8-16)18-9-11-22-19(12-18)28-25(15-29)34-22/h8-9,11-12,17,20-21,24,29-30,32H,5-7,10,13-15H2,1-4H3/b16-8-/t17-,20-,21-,24-/m0/s1. The van der Waals surface area contributed by atoms with Gasteiger partial charge in [-0.25, -0.2) is 4.98 Å². The third kappa shape index (κ3) is 6.78. The van der Waals surface area contributed by atoms with Gasteiger partial charge in [0, 0.05) is 18.3 Å². The Hall–Kier alpha value is -2.55. The number of aliphatic hydroxyl groups is 3. The van der Waals surface area contributed by atoms with E-state index in [1.165, 1.54) is 0 Å². The lowest BCUT2D eigenvalue weighted by Crippen LogP contribution is -2.41. The number of oxazole rings is 1. The Morgan fingerprint density at radius 1 is 1.17 bits per heavy atom. The number of rotatable bonds is 2. The summed E-state index contributed by atoms with van der Waals surface area (Å²) in [4.78, 5) is 30.0. The Morgan fingerprint density at radius 2 is 1.91 bits per heavy atom. The normalized spacial score (nSPS) is 28.9. The molecule has 0 bridgehead atoms. The number of esters is 1. The fraction of sp³-hybridized carbons (Fsp3) is 0.593. The van der Waals surface area contributed by atoms with Crippen LogP contribution in [-0.4, -0.2) is 44.3 Å². The van der Waals surface area contributed by atoms with Crippen LogP contribution in [-0.2, 0) is 20.9 Å². The summed E-state index contributed by atoms with van der Waals surface area (Å²) in [6.07, 6.45) is 1.88. The maximum Gasteiger partial charge on any atom is 0.309 e. The Morgan fingerprint density at radius 3 is 2.63 bits per heavy atom. The predicted octanol–water partition coefficient (Wildman–Crippen LogP) is 4.16. The molecule has 0 radical (unpaired) electrons. The molecule has 0 unspecified atom stereocenters. The second kappa shape index (κ2) is 11.5. The fourth-order valence-electron chi connectivity index (χ4n) is 4.28. The maximum atomic E-state index is 12.9. The van der Waals surface area contributed by atoms with Gasteiger partial charge in [0.25, 0.3) is 0 Å². The molecular weight excluding hydrogens is 450 g/mol. The summed E-state index contributed by atoms with van der Waals surface area (Å²) in [5, 5.41) is 30.6. The van der Waals surface area contributed by atoms with Gasteiger partial charge in [0.15, 0.2) is 5.58 Å². The highest BCUT2D eigenvalue weighted by Crippen LogP contribution is 2.32. The number of carbonyl (C=O) groups excluding carboxylic acids is 2. The van der Waals surface area contributed by atoms with E-state index in [0.717, 1.165) is 30.4 Å². The summed E-state index contributed by atoms with van der Waals surface area (Å²) < 4.78 is 11.2. The van der Waals surface area contributed by atoms with E-state index < -0.39 is 29.7 Å². The van der Waals surface area contributed by atoms with Crippen LogP contribution in [0, 0.1) is 11.3 Å². The van der Waals surface area contributed by atoms with Gasteiger partial charge < -0.3 is 24.5 Å². The van der Waals surface area contributed by atoms with Crippen LogP contribution < -0.4 is 0 Å². The van der Waals surface area contributed by atoms with Gasteiger partial charge in [0.05, 0.1) is 18.6 Å². The highest BCUT2D eigenvalue weighted by molar-refractivity contribution is 5.86. The summed E-state index contributed by atoms with van der Waals surface area (Å²) >= 11 is 0. The SMILES string of the molecule is C/C1=C/C[C@@H](c2ccc3oc(CO)nc3c2)OC(=O)C[C@H](O)C(C)(C)C(=O)C[C@H](O)[C@@H](C)CCC1. The molecule has 35 heavy (non-hydrogen) atoms. The van der Waals surface area contributed by atoms with Gasteiger partial charge >= 0.3 is 5.97 Å². The molecule has 0 saturated carbocycles. The molecule has 4 atom stereocenters. The summed E-state index contributed by atoms with van der Waals surface area (Å²) in [7, 11) is 0. The monoisotopic (exact) mass is 487 g/mol. The lowest BCUT2D eigenvalue weighted by Gasteiger charge is -2.31. The van der Waals surface area contributed by atoms with Crippen molar-refractivity contribution >= 4 is 22.9 Å². The van der Waals surface area contributed by atoms with Gasteiger partial charge in [0.2, 0.25) is 5.89 Å². The first-order valence-corrected chi connectivity index (χ1v) is 12.3. The summed E-state index contributed by atoms with van der Waals surface area (Å²) in [6, 6.07) is 5.29. The average Bonchev–Trinajstić information content (AvgIpc) is 3.23. The Balaban J connectivity index is 1.89. The van der Waals surface area contributed by atoms with E-state index in [9.17, 15) is 24.9 Å². The van der Waals surface area contributed by atoms with Crippen LogP contribution in [0.1, 0.15) is 83.8 Å². The summed E-state index contributed by atoms with van der Waals surface area (Å²) in [5.41, 5.74) is 1.73. The van der Waals surface area contributed by atoms with Crippen molar-refractivity contribution in [1.29, 1.82) is 0 Å². The Labute approximate surface area is 206 Å². The van der Waals surface area contributed by atoms with Gasteiger partial charge in [-0.2, -0.15) is 0 Å². The molecule has 1 aromatic carbocycles. The zero-order chi connectivity index (χ0) is 25.8. The van der Waals surface area contributed by atoms with Crippen LogP contribution in [0.4, 0.5) is 0 Å². The van der Waals surface area contributed by atoms with Gasteiger partial charge in [-0.1, -0.05) is 38.5 Å². The van der Waals surface area contributed by atoms with Crippen LogP contribution in [0.5, 0.6) is 0 Å². The molecule has 1 aliphatic heterocycles. The first-order valence-electron chi connectivity index (χ1n) is 12.3. The lowest BCUT2D eigenvalue weighted by molar-refractivity contribution is -0.155. The molecule has 0 spiro atoms. The first-order chi connectivity index (χ1) is 16.5. The molecular formula is C27H37NO7. The van der Waals surface area contributed by atoms with Gasteiger partial charge in [-0.15, -0.1) is 0 Å². The molecule has 0 saturated heterocycles. The highest BCUT2D eigenvalue weighted by atomic mass is 16.5. The highest BCUT2D eigenvalue weighted by Gasteiger charge is 2.38. The number of fused-ring (bicyclic) bond motifs is 1. The molecule has 1 aliphatic rings. The number of ether oxygens (including phenoxy) is 1. The molecule has 1 aromatic heterocycles. The Kier molecular flexibility index (Phi) is 8.85. The van der Waals surface area contributed by atoms with Crippen LogP contribution in [0.3, 0.4) is 0 Å². The van der Waals surface area contributed by atoms with E-state index in [2.05, 4.69) is 4.98 Å². The number of benzene rings is 1.